The van der Waals surface area contributed by atoms with Crippen molar-refractivity contribution >= 4 is 40.3 Å². The number of anilines is 1. The van der Waals surface area contributed by atoms with Gasteiger partial charge in [0.2, 0.25) is 5.95 Å². The number of hydrogen-bond acceptors (Lipinski definition) is 4. The highest BCUT2D eigenvalue weighted by Crippen LogP contribution is 2.06. The average molecular weight is 323 g/mol. The van der Waals surface area contributed by atoms with Crippen molar-refractivity contribution in [3.63, 3.8) is 0 Å². The van der Waals surface area contributed by atoms with Gasteiger partial charge >= 0.3 is 0 Å². The van der Waals surface area contributed by atoms with E-state index in [9.17, 15) is 0 Å². The third-order valence-corrected chi connectivity index (χ3v) is 3.14. The number of halogens is 1. The summed E-state index contributed by atoms with van der Waals surface area (Å²) in [6, 6.07) is 0. The average Bonchev–Trinajstić information content (AvgIpc) is 2.17. The van der Waals surface area contributed by atoms with Crippen LogP contribution in [-0.2, 0) is 0 Å². The molecule has 1 aromatic rings. The van der Waals surface area contributed by atoms with Gasteiger partial charge < -0.3 is 5.32 Å². The van der Waals surface area contributed by atoms with Crippen LogP contribution in [0.1, 0.15) is 6.92 Å². The monoisotopic (exact) mass is 323 g/mol. The van der Waals surface area contributed by atoms with Crippen molar-refractivity contribution in [2.24, 2.45) is 5.92 Å². The van der Waals surface area contributed by atoms with E-state index in [0.29, 0.717) is 5.92 Å². The standard InChI is InChI=1S/C9H14IN3S/c1-7(6-14-2)3-11-9-12-4-8(10)5-13-9/h4-5,7H,3,6H2,1-2H3,(H,11,12,13). The molecule has 0 aliphatic rings. The minimum Gasteiger partial charge on any atom is -0.354 e. The zero-order chi connectivity index (χ0) is 10.4. The molecule has 0 saturated heterocycles. The van der Waals surface area contributed by atoms with Gasteiger partial charge in [-0.3, -0.25) is 0 Å². The maximum Gasteiger partial charge on any atom is 0.222 e. The normalized spacial score (nSPS) is 12.5. The van der Waals surface area contributed by atoms with Crippen LogP contribution in [-0.4, -0.2) is 28.5 Å². The van der Waals surface area contributed by atoms with Crippen LogP contribution in [0.4, 0.5) is 5.95 Å². The Morgan fingerprint density at radius 1 is 1.50 bits per heavy atom. The fourth-order valence-corrected chi connectivity index (χ4v) is 1.98. The van der Waals surface area contributed by atoms with Gasteiger partial charge in [0.15, 0.2) is 0 Å². The fraction of sp³-hybridized carbons (Fsp3) is 0.556. The first-order valence-corrected chi connectivity index (χ1v) is 6.90. The van der Waals surface area contributed by atoms with Crippen molar-refractivity contribution in [1.29, 1.82) is 0 Å². The van der Waals surface area contributed by atoms with Gasteiger partial charge in [-0.2, -0.15) is 11.8 Å². The lowest BCUT2D eigenvalue weighted by atomic mass is 10.2. The summed E-state index contributed by atoms with van der Waals surface area (Å²) in [5, 5.41) is 3.22. The van der Waals surface area contributed by atoms with Gasteiger partial charge in [-0.15, -0.1) is 0 Å². The number of nitrogens with zero attached hydrogens (tertiary/aromatic N) is 2. The molecule has 0 bridgehead atoms. The lowest BCUT2D eigenvalue weighted by Gasteiger charge is -2.10. The Morgan fingerprint density at radius 3 is 2.71 bits per heavy atom. The second-order valence-electron chi connectivity index (χ2n) is 3.17. The smallest absolute Gasteiger partial charge is 0.222 e. The van der Waals surface area contributed by atoms with Crippen molar-refractivity contribution < 1.29 is 0 Å². The molecule has 1 unspecified atom stereocenters. The molecule has 0 aromatic carbocycles. The maximum atomic E-state index is 4.17. The quantitative estimate of drug-likeness (QED) is 0.845. The number of hydrogen-bond donors (Lipinski definition) is 1. The van der Waals surface area contributed by atoms with Crippen molar-refractivity contribution in [1.82, 2.24) is 9.97 Å². The van der Waals surface area contributed by atoms with Crippen molar-refractivity contribution in [2.75, 3.05) is 23.9 Å². The van der Waals surface area contributed by atoms with Gasteiger partial charge in [0, 0.05) is 22.5 Å². The zero-order valence-electron chi connectivity index (χ0n) is 8.33. The predicted octanol–water partition coefficient (Wildman–Crippen LogP) is 2.49. The summed E-state index contributed by atoms with van der Waals surface area (Å²) in [7, 11) is 0. The van der Waals surface area contributed by atoms with Crippen LogP contribution in [0.2, 0.25) is 0 Å². The second-order valence-corrected chi connectivity index (χ2v) is 5.32. The lowest BCUT2D eigenvalue weighted by Crippen LogP contribution is -2.14. The van der Waals surface area contributed by atoms with Gasteiger partial charge in [0.05, 0.1) is 0 Å². The summed E-state index contributed by atoms with van der Waals surface area (Å²) >= 11 is 4.06. The minimum atomic E-state index is 0.646. The SMILES string of the molecule is CSCC(C)CNc1ncc(I)cn1. The van der Waals surface area contributed by atoms with Gasteiger partial charge in [-0.25, -0.2) is 9.97 Å². The third kappa shape index (κ3) is 4.45. The van der Waals surface area contributed by atoms with Crippen molar-refractivity contribution in [2.45, 2.75) is 6.92 Å². The Labute approximate surface area is 103 Å². The molecular formula is C9H14IN3S. The van der Waals surface area contributed by atoms with E-state index >= 15 is 0 Å². The largest absolute Gasteiger partial charge is 0.354 e. The van der Waals surface area contributed by atoms with Crippen molar-refractivity contribution in [3.8, 4) is 0 Å². The van der Waals surface area contributed by atoms with E-state index in [2.05, 4.69) is 51.1 Å². The van der Waals surface area contributed by atoms with E-state index in [-0.39, 0.29) is 0 Å². The molecule has 0 radical (unpaired) electrons. The number of rotatable bonds is 5. The highest BCUT2D eigenvalue weighted by Gasteiger charge is 2.01. The lowest BCUT2D eigenvalue weighted by molar-refractivity contribution is 0.697. The molecule has 14 heavy (non-hydrogen) atoms. The van der Waals surface area contributed by atoms with Gasteiger partial charge in [0.25, 0.3) is 0 Å². The van der Waals surface area contributed by atoms with Crippen molar-refractivity contribution in [3.05, 3.63) is 16.0 Å². The molecule has 0 aliphatic heterocycles. The molecule has 78 valence electrons. The summed E-state index contributed by atoms with van der Waals surface area (Å²) in [4.78, 5) is 8.35. The molecule has 0 amide bonds. The zero-order valence-corrected chi connectivity index (χ0v) is 11.3. The van der Waals surface area contributed by atoms with Crippen LogP contribution in [0.5, 0.6) is 0 Å². The molecule has 0 fully saturated rings. The molecule has 0 spiro atoms. The van der Waals surface area contributed by atoms with Gasteiger partial charge in [-0.05, 0) is 40.5 Å². The van der Waals surface area contributed by atoms with Crippen LogP contribution >= 0.6 is 34.4 Å². The second kappa shape index (κ2) is 6.44. The van der Waals surface area contributed by atoms with Crippen LogP contribution in [0.15, 0.2) is 12.4 Å². The fourth-order valence-electron chi connectivity index (χ4n) is 1.01. The molecule has 5 heteroatoms. The van der Waals surface area contributed by atoms with Crippen LogP contribution < -0.4 is 5.32 Å². The topological polar surface area (TPSA) is 37.8 Å². The Bertz CT molecular complexity index is 265. The van der Waals surface area contributed by atoms with Crippen LogP contribution in [0, 0.1) is 9.49 Å². The summed E-state index contributed by atoms with van der Waals surface area (Å²) < 4.78 is 1.06. The van der Waals surface area contributed by atoms with E-state index < -0.39 is 0 Å². The molecular weight excluding hydrogens is 309 g/mol. The Hall–Kier alpha value is -0.0400. The van der Waals surface area contributed by atoms with E-state index in [1.165, 1.54) is 0 Å². The molecule has 3 nitrogen and oxygen atoms in total. The number of thioether (sulfide) groups is 1. The summed E-state index contributed by atoms with van der Waals surface area (Å²) in [5.74, 6) is 2.53. The highest BCUT2D eigenvalue weighted by atomic mass is 127. The molecule has 1 rings (SSSR count). The van der Waals surface area contributed by atoms with E-state index in [1.807, 2.05) is 24.2 Å². The Balaban J connectivity index is 2.34. The first kappa shape index (κ1) is 12.0. The van der Waals surface area contributed by atoms with Gasteiger partial charge in [-0.1, -0.05) is 6.92 Å². The minimum absolute atomic E-state index is 0.646. The van der Waals surface area contributed by atoms with Crippen LogP contribution in [0.3, 0.4) is 0 Å². The van der Waals surface area contributed by atoms with E-state index in [4.69, 9.17) is 0 Å². The molecule has 0 saturated carbocycles. The van der Waals surface area contributed by atoms with E-state index in [1.54, 1.807) is 0 Å². The van der Waals surface area contributed by atoms with E-state index in [0.717, 1.165) is 21.8 Å². The Morgan fingerprint density at radius 2 is 2.14 bits per heavy atom. The predicted molar refractivity (Wildman–Crippen MR) is 70.8 cm³/mol. The van der Waals surface area contributed by atoms with Gasteiger partial charge in [0.1, 0.15) is 0 Å². The molecule has 1 N–H and O–H groups in total. The summed E-state index contributed by atoms with van der Waals surface area (Å²) in [6.07, 6.45) is 5.75. The highest BCUT2D eigenvalue weighted by molar-refractivity contribution is 14.1. The first-order chi connectivity index (χ1) is 6.72. The summed E-state index contributed by atoms with van der Waals surface area (Å²) in [5.41, 5.74) is 0. The number of nitrogens with one attached hydrogen (secondary N) is 1. The third-order valence-electron chi connectivity index (χ3n) is 1.68. The summed E-state index contributed by atoms with van der Waals surface area (Å²) in [6.45, 7) is 3.15. The molecule has 0 aliphatic carbocycles. The first-order valence-electron chi connectivity index (χ1n) is 4.42. The molecule has 1 aromatic heterocycles. The molecule has 1 atom stereocenters. The molecule has 1 heterocycles. The van der Waals surface area contributed by atoms with Crippen LogP contribution in [0.25, 0.3) is 0 Å². The Kier molecular flexibility index (Phi) is 5.54. The number of aromatic nitrogens is 2. The maximum absolute atomic E-state index is 4.17.